The molecule has 2 rings (SSSR count). The van der Waals surface area contributed by atoms with E-state index in [4.69, 9.17) is 5.73 Å². The van der Waals surface area contributed by atoms with Crippen molar-refractivity contribution in [3.8, 4) is 0 Å². The molecule has 1 amide bonds. The van der Waals surface area contributed by atoms with Crippen molar-refractivity contribution in [2.24, 2.45) is 0 Å². The van der Waals surface area contributed by atoms with Gasteiger partial charge in [0, 0.05) is 18.3 Å². The Kier molecular flexibility index (Phi) is 3.86. The van der Waals surface area contributed by atoms with Gasteiger partial charge in [-0.2, -0.15) is 5.10 Å². The molecule has 0 saturated carbocycles. The number of hydrogen-bond donors (Lipinski definition) is 2. The predicted octanol–water partition coefficient (Wildman–Crippen LogP) is 1.63. The second-order valence-corrected chi connectivity index (χ2v) is 3.90. The van der Waals surface area contributed by atoms with Crippen molar-refractivity contribution >= 4 is 17.4 Å². The zero-order valence-corrected chi connectivity index (χ0v) is 9.84. The van der Waals surface area contributed by atoms with E-state index in [1.807, 2.05) is 24.3 Å². The molecule has 5 nitrogen and oxygen atoms in total. The lowest BCUT2D eigenvalue weighted by Gasteiger charge is -2.04. The van der Waals surface area contributed by atoms with Crippen molar-refractivity contribution in [2.75, 3.05) is 11.1 Å². The highest BCUT2D eigenvalue weighted by atomic mass is 16.1. The zero-order valence-electron chi connectivity index (χ0n) is 9.84. The fourth-order valence-corrected chi connectivity index (χ4v) is 1.58. The molecular weight excluding hydrogens is 228 g/mol. The zero-order chi connectivity index (χ0) is 12.8. The molecule has 0 bridgehead atoms. The second kappa shape index (κ2) is 5.77. The van der Waals surface area contributed by atoms with E-state index in [1.165, 1.54) is 0 Å². The molecule has 5 heteroatoms. The van der Waals surface area contributed by atoms with Gasteiger partial charge in [-0.25, -0.2) is 0 Å². The molecule has 0 aliphatic rings. The molecule has 18 heavy (non-hydrogen) atoms. The normalized spacial score (nSPS) is 10.0. The highest BCUT2D eigenvalue weighted by molar-refractivity contribution is 5.89. The SMILES string of the molecule is Nc1cccc(CCC(=O)Nc2cccnn2)c1. The first-order chi connectivity index (χ1) is 8.74. The molecule has 0 atom stereocenters. The van der Waals surface area contributed by atoms with Gasteiger partial charge >= 0.3 is 0 Å². The Morgan fingerprint density at radius 1 is 1.28 bits per heavy atom. The Balaban J connectivity index is 1.85. The highest BCUT2D eigenvalue weighted by Gasteiger charge is 2.04. The first-order valence-corrected chi connectivity index (χ1v) is 5.66. The van der Waals surface area contributed by atoms with Crippen LogP contribution in [0.4, 0.5) is 11.5 Å². The van der Waals surface area contributed by atoms with Crippen molar-refractivity contribution in [3.05, 3.63) is 48.2 Å². The minimum absolute atomic E-state index is 0.0853. The Bertz CT molecular complexity index is 528. The molecule has 0 spiro atoms. The summed E-state index contributed by atoms with van der Waals surface area (Å²) in [5.41, 5.74) is 7.43. The van der Waals surface area contributed by atoms with Crippen LogP contribution in [0.15, 0.2) is 42.6 Å². The Labute approximate surface area is 105 Å². The van der Waals surface area contributed by atoms with E-state index in [0.717, 1.165) is 5.56 Å². The average Bonchev–Trinajstić information content (AvgIpc) is 2.38. The number of carbonyl (C=O) groups is 1. The van der Waals surface area contributed by atoms with E-state index in [1.54, 1.807) is 18.3 Å². The van der Waals surface area contributed by atoms with Crippen molar-refractivity contribution in [3.63, 3.8) is 0 Å². The molecule has 2 aromatic rings. The number of carbonyl (C=O) groups excluding carboxylic acids is 1. The minimum Gasteiger partial charge on any atom is -0.399 e. The van der Waals surface area contributed by atoms with E-state index in [2.05, 4.69) is 15.5 Å². The third kappa shape index (κ3) is 3.55. The molecule has 0 aliphatic carbocycles. The smallest absolute Gasteiger partial charge is 0.225 e. The van der Waals surface area contributed by atoms with Crippen LogP contribution in [0.2, 0.25) is 0 Å². The molecule has 1 aromatic heterocycles. The van der Waals surface area contributed by atoms with Crippen molar-refractivity contribution in [2.45, 2.75) is 12.8 Å². The monoisotopic (exact) mass is 242 g/mol. The van der Waals surface area contributed by atoms with Crippen molar-refractivity contribution in [1.29, 1.82) is 0 Å². The maximum Gasteiger partial charge on any atom is 0.225 e. The summed E-state index contributed by atoms with van der Waals surface area (Å²) in [4.78, 5) is 11.7. The minimum atomic E-state index is -0.0853. The molecule has 0 radical (unpaired) electrons. The molecule has 92 valence electrons. The van der Waals surface area contributed by atoms with Gasteiger partial charge in [0.2, 0.25) is 5.91 Å². The van der Waals surface area contributed by atoms with E-state index < -0.39 is 0 Å². The standard InChI is InChI=1S/C13H14N4O/c14-11-4-1-3-10(9-11)6-7-13(18)16-12-5-2-8-15-17-12/h1-5,8-9H,6-7,14H2,(H,16,17,18). The Morgan fingerprint density at radius 2 is 2.17 bits per heavy atom. The van der Waals surface area contributed by atoms with E-state index in [9.17, 15) is 4.79 Å². The molecule has 0 unspecified atom stereocenters. The first-order valence-electron chi connectivity index (χ1n) is 5.66. The van der Waals surface area contributed by atoms with E-state index in [0.29, 0.717) is 24.3 Å². The highest BCUT2D eigenvalue weighted by Crippen LogP contribution is 2.09. The number of nitrogen functional groups attached to an aromatic ring is 1. The van der Waals surface area contributed by atoms with Crippen LogP contribution in [-0.4, -0.2) is 16.1 Å². The van der Waals surface area contributed by atoms with Gasteiger partial charge in [0.1, 0.15) is 0 Å². The number of nitrogens with two attached hydrogens (primary N) is 1. The summed E-state index contributed by atoms with van der Waals surface area (Å²) in [6, 6.07) is 10.9. The summed E-state index contributed by atoms with van der Waals surface area (Å²) in [6.07, 6.45) is 2.60. The van der Waals surface area contributed by atoms with Crippen LogP contribution in [0.5, 0.6) is 0 Å². The van der Waals surface area contributed by atoms with Gasteiger partial charge in [0.15, 0.2) is 5.82 Å². The third-order valence-corrected chi connectivity index (χ3v) is 2.43. The quantitative estimate of drug-likeness (QED) is 0.798. The topological polar surface area (TPSA) is 80.9 Å². The number of nitrogens with one attached hydrogen (secondary N) is 1. The predicted molar refractivity (Wildman–Crippen MR) is 69.8 cm³/mol. The fourth-order valence-electron chi connectivity index (χ4n) is 1.58. The number of nitrogens with zero attached hydrogens (tertiary/aromatic N) is 2. The molecular formula is C13H14N4O. The first kappa shape index (κ1) is 12.0. The largest absolute Gasteiger partial charge is 0.399 e. The van der Waals surface area contributed by atoms with Crippen LogP contribution < -0.4 is 11.1 Å². The summed E-state index contributed by atoms with van der Waals surface area (Å²) < 4.78 is 0. The number of rotatable bonds is 4. The molecule has 0 aliphatic heterocycles. The van der Waals surface area contributed by atoms with Crippen LogP contribution in [-0.2, 0) is 11.2 Å². The molecule has 3 N–H and O–H groups in total. The van der Waals surface area contributed by atoms with Gasteiger partial charge in [-0.1, -0.05) is 12.1 Å². The molecule has 1 aromatic carbocycles. The average molecular weight is 242 g/mol. The summed E-state index contributed by atoms with van der Waals surface area (Å²) in [7, 11) is 0. The number of hydrogen-bond acceptors (Lipinski definition) is 4. The van der Waals surface area contributed by atoms with Crippen LogP contribution in [0.1, 0.15) is 12.0 Å². The number of benzene rings is 1. The van der Waals surface area contributed by atoms with Gasteiger partial charge in [0.05, 0.1) is 0 Å². The molecule has 0 fully saturated rings. The Morgan fingerprint density at radius 3 is 2.89 bits per heavy atom. The van der Waals surface area contributed by atoms with Gasteiger partial charge in [-0.3, -0.25) is 4.79 Å². The number of aryl methyl sites for hydroxylation is 1. The summed E-state index contributed by atoms with van der Waals surface area (Å²) >= 11 is 0. The lowest BCUT2D eigenvalue weighted by molar-refractivity contribution is -0.116. The van der Waals surface area contributed by atoms with Crippen LogP contribution >= 0.6 is 0 Å². The molecule has 0 saturated heterocycles. The van der Waals surface area contributed by atoms with Gasteiger partial charge in [0.25, 0.3) is 0 Å². The lowest BCUT2D eigenvalue weighted by Crippen LogP contribution is -2.13. The second-order valence-electron chi connectivity index (χ2n) is 3.90. The van der Waals surface area contributed by atoms with E-state index >= 15 is 0 Å². The van der Waals surface area contributed by atoms with Crippen molar-refractivity contribution in [1.82, 2.24) is 10.2 Å². The lowest BCUT2D eigenvalue weighted by atomic mass is 10.1. The van der Waals surface area contributed by atoms with Gasteiger partial charge in [-0.15, -0.1) is 5.10 Å². The summed E-state index contributed by atoms with van der Waals surface area (Å²) in [5.74, 6) is 0.382. The summed E-state index contributed by atoms with van der Waals surface area (Å²) in [6.45, 7) is 0. The third-order valence-electron chi connectivity index (χ3n) is 2.43. The number of anilines is 2. The number of amides is 1. The maximum atomic E-state index is 11.7. The summed E-state index contributed by atoms with van der Waals surface area (Å²) in [5, 5.41) is 10.2. The van der Waals surface area contributed by atoms with Gasteiger partial charge in [-0.05, 0) is 36.2 Å². The number of aromatic nitrogens is 2. The van der Waals surface area contributed by atoms with Crippen LogP contribution in [0.3, 0.4) is 0 Å². The maximum absolute atomic E-state index is 11.7. The Hall–Kier alpha value is -2.43. The molecule has 1 heterocycles. The fraction of sp³-hybridized carbons (Fsp3) is 0.154. The van der Waals surface area contributed by atoms with Crippen LogP contribution in [0.25, 0.3) is 0 Å². The van der Waals surface area contributed by atoms with Crippen LogP contribution in [0, 0.1) is 0 Å². The van der Waals surface area contributed by atoms with Gasteiger partial charge < -0.3 is 11.1 Å². The van der Waals surface area contributed by atoms with Crippen molar-refractivity contribution < 1.29 is 4.79 Å². The van der Waals surface area contributed by atoms with E-state index in [-0.39, 0.29) is 5.91 Å².